The number of esters is 1. The first-order valence-corrected chi connectivity index (χ1v) is 10.1. The Hall–Kier alpha value is -3.61. The van der Waals surface area contributed by atoms with Crippen molar-refractivity contribution in [1.82, 2.24) is 10.2 Å². The normalized spacial score (nSPS) is 16.3. The summed E-state index contributed by atoms with van der Waals surface area (Å²) in [6.07, 6.45) is -0.295. The monoisotopic (exact) mass is 421 g/mol. The van der Waals surface area contributed by atoms with Gasteiger partial charge in [-0.3, -0.25) is 4.79 Å². The zero-order chi connectivity index (χ0) is 22.7. The Bertz CT molecular complexity index is 1040. The van der Waals surface area contributed by atoms with E-state index in [4.69, 9.17) is 4.74 Å². The number of aryl methyl sites for hydroxylation is 1. The highest BCUT2D eigenvalue weighted by Crippen LogP contribution is 2.32. The Balaban J connectivity index is 1.91. The number of allylic oxidation sites excluding steroid dienone is 1. The van der Waals surface area contributed by atoms with Crippen molar-refractivity contribution < 1.29 is 19.1 Å². The van der Waals surface area contributed by atoms with Crippen LogP contribution in [0.5, 0.6) is 0 Å². The molecule has 0 spiro atoms. The largest absolute Gasteiger partial charge is 0.459 e. The third kappa shape index (κ3) is 4.94. The summed E-state index contributed by atoms with van der Waals surface area (Å²) >= 11 is 0. The fourth-order valence-corrected chi connectivity index (χ4v) is 3.33. The van der Waals surface area contributed by atoms with Crippen LogP contribution in [0.4, 0.5) is 10.5 Å². The Kier molecular flexibility index (Phi) is 6.44. The summed E-state index contributed by atoms with van der Waals surface area (Å²) in [5, 5.41) is 5.72. The molecule has 3 rings (SSSR count). The molecule has 0 radical (unpaired) electrons. The SMILES string of the molecule is CC1=C(C(=O)OC(C)C)C(c2cccc(NC(=O)c3ccc(C)cc3)c2)NC(=O)N1C. The molecular weight excluding hydrogens is 394 g/mol. The van der Waals surface area contributed by atoms with Crippen LogP contribution in [0.3, 0.4) is 0 Å². The van der Waals surface area contributed by atoms with Gasteiger partial charge in [-0.05, 0) is 57.5 Å². The van der Waals surface area contributed by atoms with E-state index in [1.54, 1.807) is 64.2 Å². The molecular formula is C24H27N3O4. The maximum Gasteiger partial charge on any atom is 0.338 e. The van der Waals surface area contributed by atoms with Crippen LogP contribution in [0.15, 0.2) is 59.8 Å². The van der Waals surface area contributed by atoms with Gasteiger partial charge < -0.3 is 20.3 Å². The van der Waals surface area contributed by atoms with Crippen LogP contribution in [0.25, 0.3) is 0 Å². The zero-order valence-electron chi connectivity index (χ0n) is 18.4. The van der Waals surface area contributed by atoms with Crippen LogP contribution in [0.1, 0.15) is 48.3 Å². The number of anilines is 1. The number of benzene rings is 2. The van der Waals surface area contributed by atoms with Crippen molar-refractivity contribution in [3.63, 3.8) is 0 Å². The number of rotatable bonds is 5. The molecule has 3 amide bonds. The number of hydrogen-bond acceptors (Lipinski definition) is 4. The second kappa shape index (κ2) is 9.04. The van der Waals surface area contributed by atoms with Gasteiger partial charge in [0.1, 0.15) is 0 Å². The predicted molar refractivity (Wildman–Crippen MR) is 119 cm³/mol. The number of nitrogens with one attached hydrogen (secondary N) is 2. The molecule has 1 aliphatic heterocycles. The van der Waals surface area contributed by atoms with E-state index in [1.807, 2.05) is 19.1 Å². The Morgan fingerprint density at radius 2 is 1.77 bits per heavy atom. The number of nitrogens with zero attached hydrogens (tertiary/aromatic N) is 1. The number of urea groups is 1. The van der Waals surface area contributed by atoms with Gasteiger partial charge in [-0.15, -0.1) is 0 Å². The summed E-state index contributed by atoms with van der Waals surface area (Å²) < 4.78 is 5.41. The van der Waals surface area contributed by atoms with Gasteiger partial charge >= 0.3 is 12.0 Å². The van der Waals surface area contributed by atoms with E-state index in [-0.39, 0.29) is 18.0 Å². The minimum absolute atomic E-state index is 0.240. The number of ether oxygens (including phenoxy) is 1. The van der Waals surface area contributed by atoms with E-state index in [1.165, 1.54) is 4.90 Å². The quantitative estimate of drug-likeness (QED) is 0.710. The molecule has 0 aliphatic carbocycles. The molecule has 1 heterocycles. The average molecular weight is 421 g/mol. The van der Waals surface area contributed by atoms with Crippen LogP contribution < -0.4 is 10.6 Å². The van der Waals surface area contributed by atoms with E-state index in [9.17, 15) is 14.4 Å². The summed E-state index contributed by atoms with van der Waals surface area (Å²) in [5.74, 6) is -0.728. The van der Waals surface area contributed by atoms with Gasteiger partial charge in [0, 0.05) is 24.0 Å². The molecule has 1 aliphatic rings. The summed E-state index contributed by atoms with van der Waals surface area (Å²) in [6.45, 7) is 7.22. The minimum atomic E-state index is -0.689. The lowest BCUT2D eigenvalue weighted by atomic mass is 9.94. The molecule has 7 heteroatoms. The molecule has 31 heavy (non-hydrogen) atoms. The standard InChI is InChI=1S/C24H27N3O4/c1-14(2)31-23(29)20-16(4)27(5)24(30)26-21(20)18-7-6-8-19(13-18)25-22(28)17-11-9-15(3)10-12-17/h6-14,21H,1-5H3,(H,25,28)(H,26,30). The average Bonchev–Trinajstić information content (AvgIpc) is 2.71. The van der Waals surface area contributed by atoms with Crippen molar-refractivity contribution >= 4 is 23.6 Å². The molecule has 0 saturated carbocycles. The summed E-state index contributed by atoms with van der Waals surface area (Å²) in [6, 6.07) is 13.3. The third-order valence-electron chi connectivity index (χ3n) is 5.11. The maximum atomic E-state index is 12.8. The van der Waals surface area contributed by atoms with E-state index in [0.717, 1.165) is 5.56 Å². The molecule has 2 aromatic carbocycles. The summed E-state index contributed by atoms with van der Waals surface area (Å²) in [4.78, 5) is 39.2. The molecule has 0 aromatic heterocycles. The fourth-order valence-electron chi connectivity index (χ4n) is 3.33. The highest BCUT2D eigenvalue weighted by molar-refractivity contribution is 6.04. The number of carbonyl (C=O) groups is 3. The van der Waals surface area contributed by atoms with Crippen LogP contribution in [-0.4, -0.2) is 36.0 Å². The first-order valence-electron chi connectivity index (χ1n) is 10.1. The van der Waals surface area contributed by atoms with E-state index >= 15 is 0 Å². The van der Waals surface area contributed by atoms with Crippen molar-refractivity contribution in [3.8, 4) is 0 Å². The number of carbonyl (C=O) groups excluding carboxylic acids is 3. The molecule has 162 valence electrons. The lowest BCUT2D eigenvalue weighted by Crippen LogP contribution is -2.46. The van der Waals surface area contributed by atoms with Crippen molar-refractivity contribution in [1.29, 1.82) is 0 Å². The lowest BCUT2D eigenvalue weighted by molar-refractivity contribution is -0.143. The van der Waals surface area contributed by atoms with Crippen LogP contribution in [0, 0.1) is 6.92 Å². The van der Waals surface area contributed by atoms with Gasteiger partial charge in [-0.25, -0.2) is 9.59 Å². The topological polar surface area (TPSA) is 87.7 Å². The third-order valence-corrected chi connectivity index (χ3v) is 5.11. The molecule has 7 nitrogen and oxygen atoms in total. The predicted octanol–water partition coefficient (Wildman–Crippen LogP) is 4.17. The second-order valence-electron chi connectivity index (χ2n) is 7.84. The maximum absolute atomic E-state index is 12.8. The zero-order valence-corrected chi connectivity index (χ0v) is 18.4. The first-order chi connectivity index (χ1) is 14.7. The summed E-state index contributed by atoms with van der Waals surface area (Å²) in [7, 11) is 1.60. The summed E-state index contributed by atoms with van der Waals surface area (Å²) in [5.41, 5.74) is 3.72. The number of hydrogen-bond donors (Lipinski definition) is 2. The van der Waals surface area contributed by atoms with Crippen LogP contribution >= 0.6 is 0 Å². The van der Waals surface area contributed by atoms with E-state index in [2.05, 4.69) is 10.6 Å². The van der Waals surface area contributed by atoms with E-state index in [0.29, 0.717) is 28.1 Å². The molecule has 1 atom stereocenters. The van der Waals surface area contributed by atoms with E-state index < -0.39 is 12.0 Å². The molecule has 0 fully saturated rings. The van der Waals surface area contributed by atoms with Gasteiger partial charge in [0.25, 0.3) is 5.91 Å². The minimum Gasteiger partial charge on any atom is -0.459 e. The second-order valence-corrected chi connectivity index (χ2v) is 7.84. The first kappa shape index (κ1) is 22.1. The highest BCUT2D eigenvalue weighted by Gasteiger charge is 2.35. The van der Waals surface area contributed by atoms with Gasteiger partial charge in [0.15, 0.2) is 0 Å². The van der Waals surface area contributed by atoms with Crippen molar-refractivity contribution in [2.45, 2.75) is 39.8 Å². The van der Waals surface area contributed by atoms with Crippen molar-refractivity contribution in [2.75, 3.05) is 12.4 Å². The Morgan fingerprint density at radius 3 is 2.42 bits per heavy atom. The Labute approximate surface area is 182 Å². The molecule has 0 saturated heterocycles. The fraction of sp³-hybridized carbons (Fsp3) is 0.292. The smallest absolute Gasteiger partial charge is 0.338 e. The number of amides is 3. The van der Waals surface area contributed by atoms with Gasteiger partial charge in [-0.2, -0.15) is 0 Å². The van der Waals surface area contributed by atoms with Crippen LogP contribution in [0.2, 0.25) is 0 Å². The highest BCUT2D eigenvalue weighted by atomic mass is 16.5. The molecule has 1 unspecified atom stereocenters. The molecule has 0 bridgehead atoms. The van der Waals surface area contributed by atoms with Crippen molar-refractivity contribution in [2.24, 2.45) is 0 Å². The Morgan fingerprint density at radius 1 is 1.10 bits per heavy atom. The van der Waals surface area contributed by atoms with Gasteiger partial charge in [-0.1, -0.05) is 29.8 Å². The molecule has 2 aromatic rings. The van der Waals surface area contributed by atoms with Crippen LogP contribution in [-0.2, 0) is 9.53 Å². The van der Waals surface area contributed by atoms with Crippen molar-refractivity contribution in [3.05, 3.63) is 76.5 Å². The van der Waals surface area contributed by atoms with Gasteiger partial charge in [0.05, 0.1) is 17.7 Å². The van der Waals surface area contributed by atoms with Gasteiger partial charge in [0.2, 0.25) is 0 Å². The molecule has 2 N–H and O–H groups in total. The lowest BCUT2D eigenvalue weighted by Gasteiger charge is -2.33.